The second kappa shape index (κ2) is 15.3. The van der Waals surface area contributed by atoms with Crippen LogP contribution in [0.15, 0.2) is 91.5 Å². The molecule has 0 spiro atoms. The minimum absolute atomic E-state index is 0.0601. The number of pyridine rings is 3. The number of piperidine rings is 1. The summed E-state index contributed by atoms with van der Waals surface area (Å²) in [7, 11) is 0. The van der Waals surface area contributed by atoms with Gasteiger partial charge >= 0.3 is 0 Å². The predicted octanol–water partition coefficient (Wildman–Crippen LogP) is 5.32. The van der Waals surface area contributed by atoms with Gasteiger partial charge in [-0.15, -0.1) is 0 Å². The number of aryl methyl sites for hydroxylation is 1. The summed E-state index contributed by atoms with van der Waals surface area (Å²) in [5, 5.41) is 4.51. The zero-order valence-corrected chi connectivity index (χ0v) is 32.3. The molecule has 2 saturated heterocycles. The number of nitrogens with zero attached hydrogens (tertiary/aromatic N) is 6. The number of aromatic amines is 1. The van der Waals surface area contributed by atoms with Gasteiger partial charge in [0.05, 0.1) is 17.3 Å². The molecule has 3 aliphatic heterocycles. The standard InChI is InChI=1S/C45H42N8O6/c54-41-11-10-40(43(55)50-41)53-44(56)35-9-6-30(21-36(35)45(53)57)52-18-16-51(17-19-52)15-1-2-29-5-7-31(25-47-29)58-32-22-33(23-32)59-42-12-4-28(24-48-42)27-3-8-34-37-26-46-14-13-38(37)49-39(34)20-27/h3-9,12-14,20-21,24-26,32-33,40,49H,1-2,10-11,15-19,22-23H2,(H,50,54,55). The Bertz CT molecular complexity index is 2600. The minimum Gasteiger partial charge on any atom is -0.489 e. The van der Waals surface area contributed by atoms with Crippen LogP contribution in [-0.2, 0) is 16.0 Å². The maximum absolute atomic E-state index is 13.3. The number of hydrogen-bond acceptors (Lipinski definition) is 11. The Morgan fingerprint density at radius 1 is 0.729 bits per heavy atom. The van der Waals surface area contributed by atoms with Crippen molar-refractivity contribution in [2.24, 2.45) is 0 Å². The molecule has 7 heterocycles. The third kappa shape index (κ3) is 7.24. The lowest BCUT2D eigenvalue weighted by molar-refractivity contribution is -0.136. The number of fused-ring (bicyclic) bond motifs is 4. The molecule has 0 radical (unpaired) electrons. The Morgan fingerprint density at radius 2 is 1.56 bits per heavy atom. The monoisotopic (exact) mass is 790 g/mol. The lowest BCUT2D eigenvalue weighted by Gasteiger charge is -2.36. The summed E-state index contributed by atoms with van der Waals surface area (Å²) < 4.78 is 12.3. The molecular formula is C45H42N8O6. The first-order chi connectivity index (χ1) is 28.8. The van der Waals surface area contributed by atoms with Gasteiger partial charge in [-0.25, -0.2) is 4.98 Å². The number of imide groups is 2. The number of benzene rings is 2. The Kier molecular flexibility index (Phi) is 9.48. The largest absolute Gasteiger partial charge is 0.489 e. The Labute approximate surface area is 339 Å². The van der Waals surface area contributed by atoms with E-state index in [1.807, 2.05) is 55.0 Å². The average molecular weight is 791 g/mol. The van der Waals surface area contributed by atoms with Gasteiger partial charge in [-0.1, -0.05) is 12.1 Å². The van der Waals surface area contributed by atoms with Crippen molar-refractivity contribution in [3.63, 3.8) is 0 Å². The maximum atomic E-state index is 13.3. The second-order valence-electron chi connectivity index (χ2n) is 15.7. The third-order valence-corrected chi connectivity index (χ3v) is 12.0. The zero-order chi connectivity index (χ0) is 40.0. The van der Waals surface area contributed by atoms with E-state index in [9.17, 15) is 19.2 Å². The van der Waals surface area contributed by atoms with Gasteiger partial charge in [0.2, 0.25) is 17.7 Å². The molecule has 4 aliphatic rings. The van der Waals surface area contributed by atoms with Crippen LogP contribution in [0.25, 0.3) is 32.9 Å². The SMILES string of the molecule is O=C1CCC(N2C(=O)c3ccc(N4CCN(CCCc5ccc(OC6CC(Oc7ccc(-c8ccc9c(c8)[nH]c8ccncc89)cn7)C6)cn5)CC4)cc3C2=O)C(=O)N1. The summed E-state index contributed by atoms with van der Waals surface area (Å²) in [6.07, 6.45) is 11.2. The van der Waals surface area contributed by atoms with Crippen molar-refractivity contribution < 1.29 is 28.7 Å². The Morgan fingerprint density at radius 3 is 2.36 bits per heavy atom. The van der Waals surface area contributed by atoms with Crippen LogP contribution in [-0.4, -0.2) is 104 Å². The van der Waals surface area contributed by atoms with Crippen LogP contribution in [0, 0.1) is 0 Å². The molecule has 14 nitrogen and oxygen atoms in total. The summed E-state index contributed by atoms with van der Waals surface area (Å²) in [4.78, 5) is 73.0. The van der Waals surface area contributed by atoms with Crippen molar-refractivity contribution in [2.75, 3.05) is 37.6 Å². The molecule has 6 aromatic rings. The fourth-order valence-electron chi connectivity index (χ4n) is 8.62. The molecule has 4 aromatic heterocycles. The number of amides is 4. The number of piperazine rings is 1. The summed E-state index contributed by atoms with van der Waals surface area (Å²) in [6, 6.07) is 20.7. The Hall–Kier alpha value is -6.67. The molecule has 0 bridgehead atoms. The fourth-order valence-corrected chi connectivity index (χ4v) is 8.62. The van der Waals surface area contributed by atoms with Crippen LogP contribution in [0.2, 0.25) is 0 Å². The molecule has 2 N–H and O–H groups in total. The van der Waals surface area contributed by atoms with E-state index >= 15 is 0 Å². The third-order valence-electron chi connectivity index (χ3n) is 12.0. The molecule has 14 heteroatoms. The van der Waals surface area contributed by atoms with Gasteiger partial charge in [-0.2, -0.15) is 0 Å². The van der Waals surface area contributed by atoms with Crippen molar-refractivity contribution in [1.29, 1.82) is 0 Å². The maximum Gasteiger partial charge on any atom is 0.262 e. The molecule has 1 saturated carbocycles. The number of rotatable bonds is 11. The van der Waals surface area contributed by atoms with E-state index in [0.29, 0.717) is 17.0 Å². The summed E-state index contributed by atoms with van der Waals surface area (Å²) in [5.74, 6) is -0.594. The summed E-state index contributed by atoms with van der Waals surface area (Å²) >= 11 is 0. The molecule has 4 amide bonds. The number of carbonyl (C=O) groups excluding carboxylic acids is 4. The minimum atomic E-state index is -0.969. The van der Waals surface area contributed by atoms with Gasteiger partial charge in [0, 0.05) is 109 Å². The van der Waals surface area contributed by atoms with Gasteiger partial charge in [0.1, 0.15) is 24.0 Å². The van der Waals surface area contributed by atoms with Crippen LogP contribution in [0.3, 0.4) is 0 Å². The van der Waals surface area contributed by atoms with Gasteiger partial charge in [0.25, 0.3) is 11.8 Å². The molecule has 298 valence electrons. The van der Waals surface area contributed by atoms with Gasteiger partial charge < -0.3 is 19.4 Å². The van der Waals surface area contributed by atoms with Gasteiger partial charge in [-0.3, -0.25) is 44.3 Å². The van der Waals surface area contributed by atoms with Gasteiger partial charge in [-0.05, 0) is 79.9 Å². The molecule has 1 atom stereocenters. The van der Waals surface area contributed by atoms with Crippen molar-refractivity contribution in [3.05, 3.63) is 108 Å². The molecule has 3 fully saturated rings. The smallest absolute Gasteiger partial charge is 0.262 e. The van der Waals surface area contributed by atoms with Crippen LogP contribution in [0.1, 0.15) is 58.5 Å². The first kappa shape index (κ1) is 36.7. The highest BCUT2D eigenvalue weighted by Crippen LogP contribution is 2.33. The van der Waals surface area contributed by atoms with E-state index in [1.165, 1.54) is 0 Å². The highest BCUT2D eigenvalue weighted by molar-refractivity contribution is 6.23. The quantitative estimate of drug-likeness (QED) is 0.164. The normalized spacial score (nSPS) is 20.8. The fraction of sp³-hybridized carbons (Fsp3) is 0.311. The second-order valence-corrected chi connectivity index (χ2v) is 15.7. The lowest BCUT2D eigenvalue weighted by Crippen LogP contribution is -2.54. The van der Waals surface area contributed by atoms with Crippen LogP contribution < -0.4 is 19.7 Å². The number of carbonyl (C=O) groups is 4. The topological polar surface area (TPSA) is 163 Å². The number of hydrogen-bond donors (Lipinski definition) is 2. The highest BCUT2D eigenvalue weighted by Gasteiger charge is 2.45. The van der Waals surface area contributed by atoms with E-state index in [4.69, 9.17) is 9.47 Å². The van der Waals surface area contributed by atoms with E-state index in [2.05, 4.69) is 53.3 Å². The van der Waals surface area contributed by atoms with Crippen molar-refractivity contribution in [1.82, 2.24) is 35.1 Å². The van der Waals surface area contributed by atoms with E-state index < -0.39 is 23.8 Å². The van der Waals surface area contributed by atoms with Crippen molar-refractivity contribution in [2.45, 2.75) is 56.8 Å². The number of ether oxygens (including phenoxy) is 2. The van der Waals surface area contributed by atoms with Crippen LogP contribution in [0.5, 0.6) is 11.6 Å². The molecule has 1 aliphatic carbocycles. The number of nitrogens with one attached hydrogen (secondary N) is 2. The van der Waals surface area contributed by atoms with E-state index in [1.54, 1.807) is 18.3 Å². The van der Waals surface area contributed by atoms with Crippen LogP contribution >= 0.6 is 0 Å². The van der Waals surface area contributed by atoms with E-state index in [0.717, 1.165) is 113 Å². The molecule has 2 aromatic carbocycles. The summed E-state index contributed by atoms with van der Waals surface area (Å²) in [5.41, 5.74) is 6.76. The molecule has 10 rings (SSSR count). The number of H-pyrrole nitrogens is 1. The van der Waals surface area contributed by atoms with Crippen LogP contribution in [0.4, 0.5) is 5.69 Å². The predicted molar refractivity (Wildman–Crippen MR) is 219 cm³/mol. The molecule has 59 heavy (non-hydrogen) atoms. The zero-order valence-electron chi connectivity index (χ0n) is 32.3. The molecular weight excluding hydrogens is 749 g/mol. The van der Waals surface area contributed by atoms with E-state index in [-0.39, 0.29) is 31.0 Å². The van der Waals surface area contributed by atoms with Gasteiger partial charge in [0.15, 0.2) is 0 Å². The van der Waals surface area contributed by atoms with Crippen molar-refractivity contribution >= 4 is 51.1 Å². The first-order valence-electron chi connectivity index (χ1n) is 20.3. The Balaban J connectivity index is 0.642. The first-order valence-corrected chi connectivity index (χ1v) is 20.3. The number of anilines is 1. The average Bonchev–Trinajstić information content (AvgIpc) is 3.74. The lowest BCUT2D eigenvalue weighted by atomic mass is 9.92. The van der Waals surface area contributed by atoms with Crippen molar-refractivity contribution in [3.8, 4) is 22.8 Å². The summed E-state index contributed by atoms with van der Waals surface area (Å²) in [6.45, 7) is 4.29. The number of aromatic nitrogens is 4. The molecule has 1 unspecified atom stereocenters. The highest BCUT2D eigenvalue weighted by atomic mass is 16.5.